The maximum atomic E-state index is 11.0. The van der Waals surface area contributed by atoms with E-state index in [-0.39, 0.29) is 12.1 Å². The highest BCUT2D eigenvalue weighted by Gasteiger charge is 2.33. The highest BCUT2D eigenvalue weighted by atomic mass is 16.5. The van der Waals surface area contributed by atoms with Gasteiger partial charge < -0.3 is 14.8 Å². The van der Waals surface area contributed by atoms with Gasteiger partial charge >= 0.3 is 5.97 Å². The average molecular weight is 157 g/mol. The predicted molar refractivity (Wildman–Crippen MR) is 38.6 cm³/mol. The van der Waals surface area contributed by atoms with Gasteiger partial charge in [0.1, 0.15) is 6.10 Å². The Balaban J connectivity index is 2.59. The second-order valence-electron chi connectivity index (χ2n) is 2.39. The van der Waals surface area contributed by atoms with Gasteiger partial charge in [0.2, 0.25) is 0 Å². The quantitative estimate of drug-likeness (QED) is 0.544. The van der Waals surface area contributed by atoms with Crippen molar-refractivity contribution in [2.75, 3.05) is 7.11 Å². The maximum absolute atomic E-state index is 11.0. The van der Waals surface area contributed by atoms with Crippen molar-refractivity contribution in [1.29, 1.82) is 0 Å². The number of hydrogen-bond acceptors (Lipinski definition) is 4. The first kappa shape index (κ1) is 7.91. The van der Waals surface area contributed by atoms with Crippen LogP contribution in [0, 0.1) is 0 Å². The molecule has 0 bridgehead atoms. The van der Waals surface area contributed by atoms with Crippen LogP contribution in [-0.2, 0) is 14.3 Å². The van der Waals surface area contributed by atoms with Gasteiger partial charge in [-0.05, 0) is 13.5 Å². The Morgan fingerprint density at radius 1 is 1.82 bits per heavy atom. The van der Waals surface area contributed by atoms with E-state index in [9.17, 15) is 4.79 Å². The van der Waals surface area contributed by atoms with Crippen molar-refractivity contribution in [3.05, 3.63) is 12.5 Å². The molecule has 1 saturated heterocycles. The third kappa shape index (κ3) is 1.45. The van der Waals surface area contributed by atoms with E-state index in [1.165, 1.54) is 7.11 Å². The summed E-state index contributed by atoms with van der Waals surface area (Å²) in [7, 11) is 1.35. The van der Waals surface area contributed by atoms with Crippen molar-refractivity contribution in [3.63, 3.8) is 0 Å². The molecule has 0 radical (unpaired) electrons. The second-order valence-corrected chi connectivity index (χ2v) is 2.39. The molecule has 4 nitrogen and oxygen atoms in total. The molecule has 1 N–H and O–H groups in total. The van der Waals surface area contributed by atoms with Gasteiger partial charge in [-0.25, -0.2) is 4.79 Å². The Bertz CT molecular complexity index is 190. The number of esters is 1. The van der Waals surface area contributed by atoms with Crippen molar-refractivity contribution in [2.45, 2.75) is 19.1 Å². The molecule has 0 amide bonds. The van der Waals surface area contributed by atoms with Crippen LogP contribution in [0.4, 0.5) is 0 Å². The van der Waals surface area contributed by atoms with Gasteiger partial charge in [-0.1, -0.05) is 0 Å². The molecule has 1 fully saturated rings. The molecule has 2 atom stereocenters. The molecule has 1 heterocycles. The number of methoxy groups -OCH3 is 1. The van der Waals surface area contributed by atoms with Gasteiger partial charge in [-0.15, -0.1) is 0 Å². The van der Waals surface area contributed by atoms with Crippen molar-refractivity contribution in [3.8, 4) is 0 Å². The van der Waals surface area contributed by atoms with Crippen LogP contribution in [-0.4, -0.2) is 25.2 Å². The van der Waals surface area contributed by atoms with Gasteiger partial charge in [0, 0.05) is 0 Å². The van der Waals surface area contributed by atoms with E-state index in [2.05, 4.69) is 16.6 Å². The largest absolute Gasteiger partial charge is 0.474 e. The van der Waals surface area contributed by atoms with Gasteiger partial charge in [-0.3, -0.25) is 0 Å². The predicted octanol–water partition coefficient (Wildman–Crippen LogP) is 0.00750. The number of carbonyl (C=O) groups is 1. The van der Waals surface area contributed by atoms with Crippen LogP contribution in [0.3, 0.4) is 0 Å². The number of rotatable bonds is 1. The first-order chi connectivity index (χ1) is 5.15. The molecule has 0 spiro atoms. The molecule has 1 rings (SSSR count). The fourth-order valence-corrected chi connectivity index (χ4v) is 0.995. The van der Waals surface area contributed by atoms with E-state index in [0.29, 0.717) is 5.88 Å². The monoisotopic (exact) mass is 157 g/mol. The summed E-state index contributed by atoms with van der Waals surface area (Å²) < 4.78 is 9.62. The Morgan fingerprint density at radius 2 is 2.45 bits per heavy atom. The molecular formula is C7H11NO3. The van der Waals surface area contributed by atoms with Gasteiger partial charge in [-0.2, -0.15) is 0 Å². The molecule has 11 heavy (non-hydrogen) atoms. The van der Waals surface area contributed by atoms with E-state index in [4.69, 9.17) is 4.74 Å². The lowest BCUT2D eigenvalue weighted by Gasteiger charge is -2.09. The Hall–Kier alpha value is -1.19. The summed E-state index contributed by atoms with van der Waals surface area (Å²) in [4.78, 5) is 11.0. The first-order valence-corrected chi connectivity index (χ1v) is 3.35. The van der Waals surface area contributed by atoms with E-state index in [0.717, 1.165) is 0 Å². The zero-order valence-electron chi connectivity index (χ0n) is 6.59. The summed E-state index contributed by atoms with van der Waals surface area (Å²) in [5, 5.41) is 2.76. The van der Waals surface area contributed by atoms with Crippen molar-refractivity contribution in [2.24, 2.45) is 0 Å². The van der Waals surface area contributed by atoms with Crippen LogP contribution in [0.25, 0.3) is 0 Å². The van der Waals surface area contributed by atoms with Gasteiger partial charge in [0.05, 0.1) is 7.11 Å². The smallest absolute Gasteiger partial charge is 0.332 e. The minimum atomic E-state index is -0.410. The highest BCUT2D eigenvalue weighted by molar-refractivity contribution is 5.77. The molecule has 1 aliphatic rings. The molecule has 0 saturated carbocycles. The molecule has 1 aliphatic heterocycles. The molecule has 0 unspecified atom stereocenters. The molecule has 0 aromatic rings. The lowest BCUT2D eigenvalue weighted by Crippen LogP contribution is -2.37. The van der Waals surface area contributed by atoms with Gasteiger partial charge in [0.15, 0.2) is 11.9 Å². The van der Waals surface area contributed by atoms with Crippen LogP contribution in [0.15, 0.2) is 12.5 Å². The van der Waals surface area contributed by atoms with Crippen LogP contribution < -0.4 is 5.32 Å². The summed E-state index contributed by atoms with van der Waals surface area (Å²) >= 11 is 0. The van der Waals surface area contributed by atoms with Crippen molar-refractivity contribution >= 4 is 5.97 Å². The van der Waals surface area contributed by atoms with Crippen LogP contribution >= 0.6 is 0 Å². The normalized spacial score (nSPS) is 29.1. The minimum Gasteiger partial charge on any atom is -0.474 e. The number of nitrogens with one attached hydrogen (secondary N) is 1. The number of hydrogen-bond donors (Lipinski definition) is 1. The van der Waals surface area contributed by atoms with Crippen LogP contribution in [0.5, 0.6) is 0 Å². The molecular weight excluding hydrogens is 146 g/mol. The SMILES string of the molecule is C=C1N[C@@H](C(=O)OC)[C@@H](C)O1. The zero-order chi connectivity index (χ0) is 8.43. The highest BCUT2D eigenvalue weighted by Crippen LogP contribution is 2.13. The summed E-state index contributed by atoms with van der Waals surface area (Å²) in [5.74, 6) is 0.101. The molecule has 4 heteroatoms. The van der Waals surface area contributed by atoms with E-state index in [1.807, 2.05) is 0 Å². The summed E-state index contributed by atoms with van der Waals surface area (Å²) in [5.41, 5.74) is 0. The Kier molecular flexibility index (Phi) is 2.03. The molecule has 0 aromatic heterocycles. The molecule has 62 valence electrons. The van der Waals surface area contributed by atoms with Crippen LogP contribution in [0.2, 0.25) is 0 Å². The first-order valence-electron chi connectivity index (χ1n) is 3.35. The molecule has 0 aromatic carbocycles. The fourth-order valence-electron chi connectivity index (χ4n) is 0.995. The summed E-state index contributed by atoms with van der Waals surface area (Å²) in [6, 6.07) is -0.410. The van der Waals surface area contributed by atoms with Crippen LogP contribution in [0.1, 0.15) is 6.92 Å². The zero-order valence-corrected chi connectivity index (χ0v) is 6.59. The second kappa shape index (κ2) is 2.82. The Labute approximate surface area is 65.2 Å². The lowest BCUT2D eigenvalue weighted by molar-refractivity contribution is -0.143. The van der Waals surface area contributed by atoms with Gasteiger partial charge in [0.25, 0.3) is 0 Å². The summed E-state index contributed by atoms with van der Waals surface area (Å²) in [6.07, 6.45) is -0.199. The number of carbonyl (C=O) groups excluding carboxylic acids is 1. The fraction of sp³-hybridized carbons (Fsp3) is 0.571. The third-order valence-corrected chi connectivity index (χ3v) is 1.57. The van der Waals surface area contributed by atoms with E-state index < -0.39 is 6.04 Å². The van der Waals surface area contributed by atoms with E-state index in [1.54, 1.807) is 6.92 Å². The summed E-state index contributed by atoms with van der Waals surface area (Å²) in [6.45, 7) is 5.31. The van der Waals surface area contributed by atoms with E-state index >= 15 is 0 Å². The standard InChI is InChI=1S/C7H11NO3/c1-4-6(7(9)10-3)8-5(2)11-4/h4,6,8H,2H2,1,3H3/t4-,6-/m1/s1. The van der Waals surface area contributed by atoms with Crippen molar-refractivity contribution < 1.29 is 14.3 Å². The minimum absolute atomic E-state index is 0.199. The molecule has 0 aliphatic carbocycles. The maximum Gasteiger partial charge on any atom is 0.332 e. The third-order valence-electron chi connectivity index (χ3n) is 1.57. The Morgan fingerprint density at radius 3 is 2.82 bits per heavy atom. The van der Waals surface area contributed by atoms with Crippen molar-refractivity contribution in [1.82, 2.24) is 5.32 Å². The average Bonchev–Trinajstić information content (AvgIpc) is 2.28. The topological polar surface area (TPSA) is 47.6 Å². The number of ether oxygens (including phenoxy) is 2. The lowest BCUT2D eigenvalue weighted by atomic mass is 10.2.